The van der Waals surface area contributed by atoms with Gasteiger partial charge < -0.3 is 47.4 Å². The second kappa shape index (κ2) is 6.82. The maximum Gasteiger partial charge on any atom is 0.192 e. The van der Waals surface area contributed by atoms with Crippen molar-refractivity contribution in [3.8, 4) is 0 Å². The minimum absolute atomic E-state index is 0.130. The third-order valence-electron chi connectivity index (χ3n) is 6.45. The van der Waals surface area contributed by atoms with Crippen LogP contribution in [0.5, 0.6) is 0 Å². The van der Waals surface area contributed by atoms with Gasteiger partial charge in [-0.25, -0.2) is 0 Å². The Kier molecular flexibility index (Phi) is 4.65. The topological polar surface area (TPSA) is 95.6 Å². The Balaban J connectivity index is 1.18. The van der Waals surface area contributed by atoms with E-state index in [4.69, 9.17) is 47.4 Å². The number of hydrogen-bond donors (Lipinski definition) is 0. The third kappa shape index (κ3) is 3.74. The van der Waals surface area contributed by atoms with Crippen LogP contribution in [-0.2, 0) is 47.4 Å². The molecular weight excluding hydrogens is 412 g/mol. The summed E-state index contributed by atoms with van der Waals surface area (Å²) in [6.07, 6.45) is -4.09. The zero-order chi connectivity index (χ0) is 21.8. The average Bonchev–Trinajstić information content (AvgIpc) is 3.39. The highest BCUT2D eigenvalue weighted by molar-refractivity contribution is 5.04. The molecule has 0 aliphatic carbocycles. The van der Waals surface area contributed by atoms with E-state index in [1.54, 1.807) is 0 Å². The van der Waals surface area contributed by atoms with Crippen LogP contribution in [0.15, 0.2) is 0 Å². The molecule has 6 fully saturated rings. The van der Waals surface area contributed by atoms with Crippen molar-refractivity contribution < 1.29 is 47.4 Å². The first-order chi connectivity index (χ1) is 14.5. The number of fused-ring (bicyclic) bond motifs is 6. The van der Waals surface area contributed by atoms with Gasteiger partial charge in [-0.3, -0.25) is 0 Å². The van der Waals surface area contributed by atoms with E-state index in [1.165, 1.54) is 0 Å². The lowest BCUT2D eigenvalue weighted by molar-refractivity contribution is -0.402. The van der Waals surface area contributed by atoms with Crippen LogP contribution in [0.1, 0.15) is 41.5 Å². The summed E-state index contributed by atoms with van der Waals surface area (Å²) in [5.74, 6) is -1.51. The number of hydrogen-bond acceptors (Lipinski definition) is 10. The first kappa shape index (κ1) is 21.2. The van der Waals surface area contributed by atoms with E-state index >= 15 is 0 Å². The van der Waals surface area contributed by atoms with Crippen molar-refractivity contribution in [1.82, 2.24) is 0 Å². The first-order valence-electron chi connectivity index (χ1n) is 11.1. The first-order valence-corrected chi connectivity index (χ1v) is 11.1. The zero-order valence-corrected chi connectivity index (χ0v) is 18.8. The minimum atomic E-state index is -0.788. The van der Waals surface area contributed by atoms with Crippen molar-refractivity contribution in [3.63, 3.8) is 0 Å². The van der Waals surface area contributed by atoms with E-state index in [0.29, 0.717) is 13.2 Å². The van der Waals surface area contributed by atoms with Gasteiger partial charge in [0, 0.05) is 0 Å². The van der Waals surface area contributed by atoms with Gasteiger partial charge in [-0.05, 0) is 41.5 Å². The molecule has 0 bridgehead atoms. The van der Waals surface area contributed by atoms with Crippen molar-refractivity contribution in [2.24, 2.45) is 0 Å². The van der Waals surface area contributed by atoms with Crippen LogP contribution in [0.25, 0.3) is 0 Å². The number of epoxide rings is 1. The van der Waals surface area contributed by atoms with Crippen LogP contribution in [0.2, 0.25) is 0 Å². The SMILES string of the molecule is CC1(C)CO[C@H]2O[C@H](O[C@H]3O[C@@H]4COC(C)(C)O[C@H]4[C@@H]4OC(C)(C)O[C@@H]34)[C@@H]3O[C@@H]3[C@@H]2O1. The molecule has 6 saturated heterocycles. The lowest BCUT2D eigenvalue weighted by Crippen LogP contribution is -2.65. The second-order valence-corrected chi connectivity index (χ2v) is 10.6. The standard InChI is InChI=1S/C21H32O10/c1-19(2)8-22-16-14(28-19)11-13(25-11)17(26-16)27-18-15-12(30-21(5,6)31-15)10-9(24-18)7-23-20(3,4)29-10/h9-18H,7-8H2,1-6H3/t9-,10-,11+,12+,13-,14+,15-,16+,17-,18-/m1/s1. The minimum Gasteiger partial charge on any atom is -0.362 e. The van der Waals surface area contributed by atoms with Gasteiger partial charge in [0.1, 0.15) is 42.7 Å². The monoisotopic (exact) mass is 444 g/mol. The summed E-state index contributed by atoms with van der Waals surface area (Å²) >= 11 is 0. The van der Waals surface area contributed by atoms with Gasteiger partial charge in [0.25, 0.3) is 0 Å². The fraction of sp³-hybridized carbons (Fsp3) is 1.00. The second-order valence-electron chi connectivity index (χ2n) is 10.6. The maximum atomic E-state index is 6.27. The quantitative estimate of drug-likeness (QED) is 0.575. The molecule has 6 aliphatic heterocycles. The molecule has 0 unspecified atom stereocenters. The molecule has 0 aromatic heterocycles. The predicted octanol–water partition coefficient (Wildman–Crippen LogP) is 1.04. The van der Waals surface area contributed by atoms with E-state index in [2.05, 4.69) is 0 Å². The molecule has 0 radical (unpaired) electrons. The molecule has 6 heterocycles. The van der Waals surface area contributed by atoms with Gasteiger partial charge in [-0.1, -0.05) is 0 Å². The summed E-state index contributed by atoms with van der Waals surface area (Å²) in [6, 6.07) is 0. The van der Waals surface area contributed by atoms with Gasteiger partial charge in [-0.15, -0.1) is 0 Å². The third-order valence-corrected chi connectivity index (χ3v) is 6.45. The Morgan fingerprint density at radius 2 is 1.35 bits per heavy atom. The van der Waals surface area contributed by atoms with Gasteiger partial charge in [0.2, 0.25) is 0 Å². The summed E-state index contributed by atoms with van der Waals surface area (Å²) in [5.41, 5.74) is -0.376. The smallest absolute Gasteiger partial charge is 0.192 e. The Morgan fingerprint density at radius 1 is 0.645 bits per heavy atom. The molecule has 0 saturated carbocycles. The summed E-state index contributed by atoms with van der Waals surface area (Å²) < 4.78 is 60.8. The summed E-state index contributed by atoms with van der Waals surface area (Å²) in [4.78, 5) is 0. The lowest BCUT2D eigenvalue weighted by atomic mass is 9.97. The van der Waals surface area contributed by atoms with Gasteiger partial charge in [0.15, 0.2) is 30.4 Å². The summed E-state index contributed by atoms with van der Waals surface area (Å²) in [5, 5.41) is 0. The fourth-order valence-electron chi connectivity index (χ4n) is 5.10. The Labute approximate surface area is 181 Å². The van der Waals surface area contributed by atoms with Crippen molar-refractivity contribution in [1.29, 1.82) is 0 Å². The van der Waals surface area contributed by atoms with Crippen LogP contribution < -0.4 is 0 Å². The van der Waals surface area contributed by atoms with Crippen LogP contribution in [-0.4, -0.2) is 92.0 Å². The predicted molar refractivity (Wildman–Crippen MR) is 101 cm³/mol. The zero-order valence-electron chi connectivity index (χ0n) is 18.8. The largest absolute Gasteiger partial charge is 0.362 e. The average molecular weight is 444 g/mol. The molecule has 0 aromatic carbocycles. The Morgan fingerprint density at radius 3 is 2.16 bits per heavy atom. The molecular formula is C21H32O10. The molecule has 0 aromatic rings. The fourth-order valence-corrected chi connectivity index (χ4v) is 5.10. The molecule has 176 valence electrons. The van der Waals surface area contributed by atoms with E-state index < -0.39 is 36.5 Å². The van der Waals surface area contributed by atoms with Gasteiger partial charge >= 0.3 is 0 Å². The highest BCUT2D eigenvalue weighted by Gasteiger charge is 2.64. The van der Waals surface area contributed by atoms with E-state index in [9.17, 15) is 0 Å². The van der Waals surface area contributed by atoms with Crippen LogP contribution in [0.4, 0.5) is 0 Å². The molecule has 6 aliphatic rings. The molecule has 0 spiro atoms. The van der Waals surface area contributed by atoms with Crippen LogP contribution in [0.3, 0.4) is 0 Å². The molecule has 10 atom stereocenters. The van der Waals surface area contributed by atoms with Crippen LogP contribution in [0, 0.1) is 0 Å². The molecule has 6 rings (SSSR count). The van der Waals surface area contributed by atoms with E-state index in [-0.39, 0.29) is 42.2 Å². The lowest BCUT2D eigenvalue weighted by Gasteiger charge is -2.49. The number of rotatable bonds is 2. The normalized spacial score (nSPS) is 53.6. The highest BCUT2D eigenvalue weighted by Crippen LogP contribution is 2.46. The van der Waals surface area contributed by atoms with Crippen LogP contribution >= 0.6 is 0 Å². The van der Waals surface area contributed by atoms with E-state index in [0.717, 1.165) is 0 Å². The number of ether oxygens (including phenoxy) is 10. The summed E-state index contributed by atoms with van der Waals surface area (Å²) in [6.45, 7) is 12.3. The maximum absolute atomic E-state index is 6.27. The molecule has 0 N–H and O–H groups in total. The molecule has 10 heteroatoms. The van der Waals surface area contributed by atoms with E-state index in [1.807, 2.05) is 41.5 Å². The van der Waals surface area contributed by atoms with Crippen molar-refractivity contribution in [3.05, 3.63) is 0 Å². The molecule has 31 heavy (non-hydrogen) atoms. The highest BCUT2D eigenvalue weighted by atomic mass is 16.9. The Bertz CT molecular complexity index is 725. The van der Waals surface area contributed by atoms with Crippen molar-refractivity contribution in [2.75, 3.05) is 13.2 Å². The van der Waals surface area contributed by atoms with Gasteiger partial charge in [-0.2, -0.15) is 0 Å². The van der Waals surface area contributed by atoms with Gasteiger partial charge in [0.05, 0.1) is 18.8 Å². The van der Waals surface area contributed by atoms with Crippen molar-refractivity contribution >= 4 is 0 Å². The van der Waals surface area contributed by atoms with Crippen molar-refractivity contribution in [2.45, 2.75) is 120 Å². The molecule has 0 amide bonds. The Hall–Kier alpha value is -0.400. The molecule has 10 nitrogen and oxygen atoms in total. The summed E-state index contributed by atoms with van der Waals surface area (Å²) in [7, 11) is 0.